The van der Waals surface area contributed by atoms with Gasteiger partial charge in [-0.3, -0.25) is 9.59 Å². The largest absolute Gasteiger partial charge is 0.466 e. The van der Waals surface area contributed by atoms with Crippen LogP contribution in [0.15, 0.2) is 73.1 Å². The lowest BCUT2D eigenvalue weighted by atomic mass is 9.77. The number of amides is 1. The highest BCUT2D eigenvalue weighted by atomic mass is 16.5. The van der Waals surface area contributed by atoms with Gasteiger partial charge in [0.15, 0.2) is 0 Å². The predicted octanol–water partition coefficient (Wildman–Crippen LogP) is 7.28. The molecule has 0 saturated heterocycles. The summed E-state index contributed by atoms with van der Waals surface area (Å²) in [4.78, 5) is 29.1. The molecular weight excluding hydrogens is 498 g/mol. The van der Waals surface area contributed by atoms with E-state index in [1.54, 1.807) is 6.20 Å². The second kappa shape index (κ2) is 12.5. The SMILES string of the molecule is CCOC(=O)C[C@H]1CC[C@H](c2ccc(-c3ccc4nc(C(=O)NCc5ccc(C(C)C)cc5)cn4c3)cc2)CC1. The number of nitrogens with one attached hydrogen (secondary N) is 1. The Morgan fingerprint density at radius 2 is 1.62 bits per heavy atom. The van der Waals surface area contributed by atoms with E-state index < -0.39 is 0 Å². The summed E-state index contributed by atoms with van der Waals surface area (Å²) in [6.45, 7) is 7.13. The smallest absolute Gasteiger partial charge is 0.306 e. The highest BCUT2D eigenvalue weighted by Gasteiger charge is 2.24. The van der Waals surface area contributed by atoms with Gasteiger partial charge in [0.2, 0.25) is 0 Å². The number of esters is 1. The number of ether oxygens (including phenoxy) is 1. The van der Waals surface area contributed by atoms with Gasteiger partial charge in [0.05, 0.1) is 6.61 Å². The van der Waals surface area contributed by atoms with Gasteiger partial charge >= 0.3 is 5.97 Å². The summed E-state index contributed by atoms with van der Waals surface area (Å²) < 4.78 is 7.04. The molecule has 0 radical (unpaired) electrons. The first-order valence-electron chi connectivity index (χ1n) is 14.5. The molecular formula is C34H39N3O3. The molecule has 0 spiro atoms. The molecule has 1 N–H and O–H groups in total. The number of pyridine rings is 1. The first-order chi connectivity index (χ1) is 19.4. The molecule has 0 bridgehead atoms. The fourth-order valence-electron chi connectivity index (χ4n) is 5.67. The van der Waals surface area contributed by atoms with Crippen LogP contribution in [0.25, 0.3) is 16.8 Å². The molecule has 6 heteroatoms. The standard InChI is InChI=1S/C34H39N3O3/c1-4-40-33(38)19-24-5-11-27(12-6-24)28-13-15-29(16-14-28)30-17-18-32-36-31(22-37(32)21-30)34(39)35-20-25-7-9-26(10-8-25)23(2)3/h7-10,13-18,21-24,27H,4-6,11-12,19-20H2,1-3H3,(H,35,39)/t24-,27-. The topological polar surface area (TPSA) is 72.7 Å². The molecule has 1 fully saturated rings. The van der Waals surface area contributed by atoms with E-state index in [4.69, 9.17) is 4.74 Å². The van der Waals surface area contributed by atoms with Crippen LogP contribution in [-0.2, 0) is 16.1 Å². The fraction of sp³-hybridized carbons (Fsp3) is 0.382. The summed E-state index contributed by atoms with van der Waals surface area (Å²) in [7, 11) is 0. The van der Waals surface area contributed by atoms with Crippen molar-refractivity contribution in [3.8, 4) is 11.1 Å². The molecule has 0 aliphatic heterocycles. The third kappa shape index (κ3) is 6.61. The van der Waals surface area contributed by atoms with Crippen molar-refractivity contribution in [2.45, 2.75) is 71.3 Å². The molecule has 5 rings (SSSR count). The van der Waals surface area contributed by atoms with Gasteiger partial charge < -0.3 is 14.5 Å². The van der Waals surface area contributed by atoms with E-state index in [1.807, 2.05) is 23.6 Å². The summed E-state index contributed by atoms with van der Waals surface area (Å²) in [5.74, 6) is 1.22. The normalized spacial score (nSPS) is 17.2. The zero-order chi connectivity index (χ0) is 28.1. The Morgan fingerprint density at radius 3 is 2.30 bits per heavy atom. The molecule has 2 aromatic heterocycles. The number of aromatic nitrogens is 2. The first-order valence-corrected chi connectivity index (χ1v) is 14.5. The molecule has 2 aromatic carbocycles. The van der Waals surface area contributed by atoms with E-state index in [-0.39, 0.29) is 11.9 Å². The van der Waals surface area contributed by atoms with Crippen LogP contribution in [-0.4, -0.2) is 27.9 Å². The minimum Gasteiger partial charge on any atom is -0.466 e. The van der Waals surface area contributed by atoms with Crippen LogP contribution in [0.5, 0.6) is 0 Å². The number of rotatable bonds is 9. The number of imidazole rings is 1. The molecule has 0 unspecified atom stereocenters. The van der Waals surface area contributed by atoms with Crippen molar-refractivity contribution in [2.24, 2.45) is 5.92 Å². The Bertz CT molecular complexity index is 1450. The Labute approximate surface area is 236 Å². The second-order valence-electron chi connectivity index (χ2n) is 11.2. The van der Waals surface area contributed by atoms with Crippen molar-refractivity contribution in [3.63, 3.8) is 0 Å². The van der Waals surface area contributed by atoms with Gasteiger partial charge in [-0.2, -0.15) is 0 Å². The predicted molar refractivity (Wildman–Crippen MR) is 158 cm³/mol. The maximum Gasteiger partial charge on any atom is 0.306 e. The van der Waals surface area contributed by atoms with Crippen LogP contribution in [0.1, 0.15) is 91.9 Å². The van der Waals surface area contributed by atoms with Crippen molar-refractivity contribution in [2.75, 3.05) is 6.61 Å². The minimum absolute atomic E-state index is 0.0646. The Balaban J connectivity index is 1.19. The summed E-state index contributed by atoms with van der Waals surface area (Å²) in [6.07, 6.45) is 8.73. The van der Waals surface area contributed by atoms with Crippen LogP contribution in [0.2, 0.25) is 0 Å². The van der Waals surface area contributed by atoms with Crippen molar-refractivity contribution in [1.82, 2.24) is 14.7 Å². The van der Waals surface area contributed by atoms with Gasteiger partial charge in [-0.15, -0.1) is 0 Å². The fourth-order valence-corrected chi connectivity index (χ4v) is 5.67. The van der Waals surface area contributed by atoms with Crippen LogP contribution in [0.4, 0.5) is 0 Å². The van der Waals surface area contributed by atoms with Gasteiger partial charge in [-0.1, -0.05) is 62.4 Å². The van der Waals surface area contributed by atoms with Crippen LogP contribution < -0.4 is 5.32 Å². The zero-order valence-corrected chi connectivity index (χ0v) is 23.7. The highest BCUT2D eigenvalue weighted by molar-refractivity contribution is 5.92. The van der Waals surface area contributed by atoms with Crippen molar-refractivity contribution < 1.29 is 14.3 Å². The van der Waals surface area contributed by atoms with Crippen molar-refractivity contribution in [1.29, 1.82) is 0 Å². The summed E-state index contributed by atoms with van der Waals surface area (Å²) in [5, 5.41) is 2.99. The van der Waals surface area contributed by atoms with Gasteiger partial charge in [0.25, 0.3) is 5.91 Å². The zero-order valence-electron chi connectivity index (χ0n) is 23.7. The molecule has 4 aromatic rings. The molecule has 1 aliphatic carbocycles. The second-order valence-corrected chi connectivity index (χ2v) is 11.2. The molecule has 1 amide bonds. The number of nitrogens with zero attached hydrogens (tertiary/aromatic N) is 2. The first kappa shape index (κ1) is 27.6. The van der Waals surface area contributed by atoms with E-state index in [9.17, 15) is 9.59 Å². The molecule has 6 nitrogen and oxygen atoms in total. The number of hydrogen-bond acceptors (Lipinski definition) is 4. The highest BCUT2D eigenvalue weighted by Crippen LogP contribution is 2.37. The average molecular weight is 538 g/mol. The van der Waals surface area contributed by atoms with Gasteiger partial charge in [-0.05, 0) is 90.3 Å². The monoisotopic (exact) mass is 537 g/mol. The number of carbonyl (C=O) groups is 2. The maximum atomic E-state index is 12.8. The third-order valence-electron chi connectivity index (χ3n) is 8.11. The number of benzene rings is 2. The van der Waals surface area contributed by atoms with E-state index >= 15 is 0 Å². The van der Waals surface area contributed by atoms with E-state index in [2.05, 4.69) is 78.7 Å². The Kier molecular flexibility index (Phi) is 8.63. The van der Waals surface area contributed by atoms with Crippen LogP contribution >= 0.6 is 0 Å². The number of hydrogen-bond donors (Lipinski definition) is 1. The van der Waals surface area contributed by atoms with Crippen molar-refractivity contribution in [3.05, 3.63) is 95.4 Å². The molecule has 40 heavy (non-hydrogen) atoms. The summed E-state index contributed by atoms with van der Waals surface area (Å²) >= 11 is 0. The molecule has 0 atom stereocenters. The number of carbonyl (C=O) groups excluding carboxylic acids is 2. The van der Waals surface area contributed by atoms with E-state index in [0.29, 0.717) is 43.0 Å². The van der Waals surface area contributed by atoms with Gasteiger partial charge in [0, 0.05) is 25.4 Å². The number of fused-ring (bicyclic) bond motifs is 1. The Hall–Kier alpha value is -3.93. The van der Waals surface area contributed by atoms with Gasteiger partial charge in [0.1, 0.15) is 11.3 Å². The summed E-state index contributed by atoms with van der Waals surface area (Å²) in [5.41, 5.74) is 7.07. The van der Waals surface area contributed by atoms with Gasteiger partial charge in [-0.25, -0.2) is 4.98 Å². The minimum atomic E-state index is -0.181. The van der Waals surface area contributed by atoms with Crippen molar-refractivity contribution >= 4 is 17.5 Å². The Morgan fingerprint density at radius 1 is 0.925 bits per heavy atom. The summed E-state index contributed by atoms with van der Waals surface area (Å²) in [6, 6.07) is 21.2. The maximum absolute atomic E-state index is 12.8. The third-order valence-corrected chi connectivity index (χ3v) is 8.11. The van der Waals surface area contributed by atoms with Crippen LogP contribution in [0.3, 0.4) is 0 Å². The average Bonchev–Trinajstić information content (AvgIpc) is 3.40. The molecule has 1 aliphatic rings. The molecule has 208 valence electrons. The lowest BCUT2D eigenvalue weighted by Crippen LogP contribution is -2.23. The molecule has 2 heterocycles. The van der Waals surface area contributed by atoms with E-state index in [0.717, 1.165) is 48.0 Å². The van der Waals surface area contributed by atoms with Crippen LogP contribution in [0, 0.1) is 5.92 Å². The lowest BCUT2D eigenvalue weighted by molar-refractivity contribution is -0.144. The lowest BCUT2D eigenvalue weighted by Gasteiger charge is -2.28. The quantitative estimate of drug-likeness (QED) is 0.228. The van der Waals surface area contributed by atoms with E-state index in [1.165, 1.54) is 11.1 Å². The molecule has 1 saturated carbocycles.